The van der Waals surface area contributed by atoms with Crippen LogP contribution in [0.1, 0.15) is 36.0 Å². The highest BCUT2D eigenvalue weighted by molar-refractivity contribution is 5.98. The summed E-state index contributed by atoms with van der Waals surface area (Å²) in [4.78, 5) is 23.4. The van der Waals surface area contributed by atoms with Crippen molar-refractivity contribution < 1.29 is 23.8 Å². The third-order valence-corrected chi connectivity index (χ3v) is 3.14. The molecular weight excluding hydrogens is 274 g/mol. The van der Waals surface area contributed by atoms with Crippen molar-refractivity contribution in [3.05, 3.63) is 23.8 Å². The Hall–Kier alpha value is -2.08. The minimum absolute atomic E-state index is 0.158. The quantitative estimate of drug-likeness (QED) is 0.445. The summed E-state index contributed by atoms with van der Waals surface area (Å²) in [5.74, 6) is 0.530. The number of Topliss-reactive ketones (excluding diaryl/α,β-unsaturated/α-hetero) is 1. The van der Waals surface area contributed by atoms with Gasteiger partial charge in [0.15, 0.2) is 23.9 Å². The van der Waals surface area contributed by atoms with E-state index in [4.69, 9.17) is 19.9 Å². The van der Waals surface area contributed by atoms with Gasteiger partial charge in [-0.05, 0) is 37.6 Å². The molecule has 0 unspecified atom stereocenters. The van der Waals surface area contributed by atoms with E-state index in [1.807, 2.05) is 0 Å². The molecule has 6 heteroatoms. The fourth-order valence-electron chi connectivity index (χ4n) is 1.96. The van der Waals surface area contributed by atoms with E-state index in [9.17, 15) is 9.59 Å². The molecule has 0 bridgehead atoms. The number of carbonyl (C=O) groups excluding carboxylic acids is 2. The second kappa shape index (κ2) is 7.64. The maximum absolute atomic E-state index is 11.9. The number of rotatable bonds is 8. The largest absolute Gasteiger partial charge is 0.457 e. The van der Waals surface area contributed by atoms with Gasteiger partial charge in [0, 0.05) is 12.0 Å². The van der Waals surface area contributed by atoms with E-state index in [0.717, 1.165) is 19.3 Å². The van der Waals surface area contributed by atoms with Crippen molar-refractivity contribution in [3.8, 4) is 11.5 Å². The number of carbonyl (C=O) groups is 2. The second-order valence-electron chi connectivity index (χ2n) is 4.75. The molecule has 0 aromatic heterocycles. The third kappa shape index (κ3) is 4.46. The number of benzene rings is 1. The molecule has 0 spiro atoms. The zero-order valence-corrected chi connectivity index (χ0v) is 11.8. The van der Waals surface area contributed by atoms with Crippen molar-refractivity contribution >= 4 is 11.8 Å². The van der Waals surface area contributed by atoms with Crippen molar-refractivity contribution in [2.24, 2.45) is 5.73 Å². The molecule has 1 aliphatic heterocycles. The van der Waals surface area contributed by atoms with Crippen molar-refractivity contribution in [1.29, 1.82) is 0 Å². The van der Waals surface area contributed by atoms with Gasteiger partial charge in [0.25, 0.3) is 0 Å². The monoisotopic (exact) mass is 293 g/mol. The highest BCUT2D eigenvalue weighted by Crippen LogP contribution is 2.32. The van der Waals surface area contributed by atoms with Crippen molar-refractivity contribution in [3.63, 3.8) is 0 Å². The van der Waals surface area contributed by atoms with Crippen LogP contribution in [0, 0.1) is 0 Å². The van der Waals surface area contributed by atoms with E-state index in [1.54, 1.807) is 18.2 Å². The zero-order chi connectivity index (χ0) is 15.1. The van der Waals surface area contributed by atoms with Crippen LogP contribution in [0.4, 0.5) is 0 Å². The highest BCUT2D eigenvalue weighted by atomic mass is 16.7. The molecule has 0 saturated heterocycles. The van der Waals surface area contributed by atoms with Crippen molar-refractivity contribution in [1.82, 2.24) is 0 Å². The molecule has 6 nitrogen and oxygen atoms in total. The number of esters is 1. The lowest BCUT2D eigenvalue weighted by Crippen LogP contribution is -2.14. The smallest absolute Gasteiger partial charge is 0.306 e. The average molecular weight is 293 g/mol. The summed E-state index contributed by atoms with van der Waals surface area (Å²) >= 11 is 0. The zero-order valence-electron chi connectivity index (χ0n) is 11.8. The van der Waals surface area contributed by atoms with Gasteiger partial charge in [-0.15, -0.1) is 0 Å². The van der Waals surface area contributed by atoms with Crippen LogP contribution in [0.2, 0.25) is 0 Å². The van der Waals surface area contributed by atoms with Crippen LogP contribution >= 0.6 is 0 Å². The Morgan fingerprint density at radius 2 is 1.95 bits per heavy atom. The molecule has 0 radical (unpaired) electrons. The first-order valence-electron chi connectivity index (χ1n) is 6.99. The number of unbranched alkanes of at least 4 members (excludes halogenated alkanes) is 2. The van der Waals surface area contributed by atoms with E-state index in [0.29, 0.717) is 30.0 Å². The van der Waals surface area contributed by atoms with Crippen molar-refractivity contribution in [2.45, 2.75) is 25.7 Å². The first-order chi connectivity index (χ1) is 10.2. The van der Waals surface area contributed by atoms with Gasteiger partial charge in [-0.2, -0.15) is 0 Å². The molecule has 1 aliphatic rings. The standard InChI is InChI=1S/C15H19NO5/c16-7-3-1-2-4-15(18)19-9-12(17)11-5-6-13-14(8-11)21-10-20-13/h5-6,8H,1-4,7,9-10,16H2. The lowest BCUT2D eigenvalue weighted by Gasteiger charge is -2.05. The topological polar surface area (TPSA) is 87.9 Å². The Balaban J connectivity index is 1.75. The minimum atomic E-state index is -0.360. The van der Waals surface area contributed by atoms with Crippen LogP contribution in [-0.2, 0) is 9.53 Å². The molecule has 1 aromatic rings. The fraction of sp³-hybridized carbons (Fsp3) is 0.467. The summed E-state index contributed by atoms with van der Waals surface area (Å²) in [7, 11) is 0. The van der Waals surface area contributed by atoms with E-state index in [-0.39, 0.29) is 25.2 Å². The molecule has 0 fully saturated rings. The molecule has 21 heavy (non-hydrogen) atoms. The van der Waals surface area contributed by atoms with Crippen LogP contribution < -0.4 is 15.2 Å². The van der Waals surface area contributed by atoms with Crippen LogP contribution in [0.15, 0.2) is 18.2 Å². The molecule has 2 N–H and O–H groups in total. The number of hydrogen-bond acceptors (Lipinski definition) is 6. The lowest BCUT2D eigenvalue weighted by molar-refractivity contribution is -0.142. The van der Waals surface area contributed by atoms with Gasteiger partial charge in [-0.1, -0.05) is 6.42 Å². The predicted molar refractivity (Wildman–Crippen MR) is 75.4 cm³/mol. The predicted octanol–water partition coefficient (Wildman–Crippen LogP) is 1.66. The van der Waals surface area contributed by atoms with Crippen LogP contribution in [0.5, 0.6) is 11.5 Å². The van der Waals surface area contributed by atoms with Gasteiger partial charge in [0.05, 0.1) is 0 Å². The molecule has 114 valence electrons. The molecule has 0 atom stereocenters. The average Bonchev–Trinajstić information content (AvgIpc) is 2.96. The van der Waals surface area contributed by atoms with Gasteiger partial charge in [-0.3, -0.25) is 9.59 Å². The summed E-state index contributed by atoms with van der Waals surface area (Å²) in [6, 6.07) is 4.90. The maximum Gasteiger partial charge on any atom is 0.306 e. The van der Waals surface area contributed by atoms with E-state index >= 15 is 0 Å². The van der Waals surface area contributed by atoms with E-state index in [1.165, 1.54) is 0 Å². The first-order valence-corrected chi connectivity index (χ1v) is 6.99. The molecule has 0 aliphatic carbocycles. The van der Waals surface area contributed by atoms with Gasteiger partial charge < -0.3 is 19.9 Å². The maximum atomic E-state index is 11.9. The molecule has 0 saturated carbocycles. The first kappa shape index (κ1) is 15.3. The van der Waals surface area contributed by atoms with Gasteiger partial charge in [0.2, 0.25) is 6.79 Å². The van der Waals surface area contributed by atoms with Crippen molar-refractivity contribution in [2.75, 3.05) is 19.9 Å². The third-order valence-electron chi connectivity index (χ3n) is 3.14. The van der Waals surface area contributed by atoms with E-state index in [2.05, 4.69) is 0 Å². The van der Waals surface area contributed by atoms with Gasteiger partial charge >= 0.3 is 5.97 Å². The summed E-state index contributed by atoms with van der Waals surface area (Å²) < 4.78 is 15.3. The Kier molecular flexibility index (Phi) is 5.57. The fourth-order valence-corrected chi connectivity index (χ4v) is 1.96. The number of fused-ring (bicyclic) bond motifs is 1. The lowest BCUT2D eigenvalue weighted by atomic mass is 10.1. The Labute approximate surface area is 123 Å². The van der Waals surface area contributed by atoms with Gasteiger partial charge in [0.1, 0.15) is 0 Å². The summed E-state index contributed by atoms with van der Waals surface area (Å²) in [6.45, 7) is 0.526. The summed E-state index contributed by atoms with van der Waals surface area (Å²) in [5, 5.41) is 0. The molecule has 1 aromatic carbocycles. The summed E-state index contributed by atoms with van der Waals surface area (Å²) in [5.41, 5.74) is 5.81. The number of hydrogen-bond donors (Lipinski definition) is 1. The number of ketones is 1. The van der Waals surface area contributed by atoms with Crippen LogP contribution in [0.25, 0.3) is 0 Å². The van der Waals surface area contributed by atoms with E-state index < -0.39 is 0 Å². The highest BCUT2D eigenvalue weighted by Gasteiger charge is 2.17. The number of nitrogens with two attached hydrogens (primary N) is 1. The normalized spacial score (nSPS) is 12.2. The molecular formula is C15H19NO5. The van der Waals surface area contributed by atoms with Crippen LogP contribution in [-0.4, -0.2) is 31.7 Å². The number of ether oxygens (including phenoxy) is 3. The molecule has 0 amide bonds. The minimum Gasteiger partial charge on any atom is -0.457 e. The Morgan fingerprint density at radius 1 is 1.14 bits per heavy atom. The SMILES string of the molecule is NCCCCCC(=O)OCC(=O)c1ccc2c(c1)OCO2. The second-order valence-corrected chi connectivity index (χ2v) is 4.75. The van der Waals surface area contributed by atoms with Crippen LogP contribution in [0.3, 0.4) is 0 Å². The Bertz CT molecular complexity index is 515. The molecule has 2 rings (SSSR count). The van der Waals surface area contributed by atoms with Gasteiger partial charge in [-0.25, -0.2) is 0 Å². The Morgan fingerprint density at radius 3 is 2.76 bits per heavy atom. The molecule has 1 heterocycles. The summed E-state index contributed by atoms with van der Waals surface area (Å²) in [6.07, 6.45) is 2.83.